The number of sulfonamides is 1. The molecule has 154 valence electrons. The van der Waals surface area contributed by atoms with Gasteiger partial charge in [-0.1, -0.05) is 11.6 Å². The number of ether oxygens (including phenoxy) is 2. The van der Waals surface area contributed by atoms with Gasteiger partial charge >= 0.3 is 5.97 Å². The van der Waals surface area contributed by atoms with Crippen LogP contribution in [0.4, 0.5) is 0 Å². The van der Waals surface area contributed by atoms with Crippen LogP contribution in [0.25, 0.3) is 0 Å². The molecule has 3 rings (SSSR count). The van der Waals surface area contributed by atoms with Gasteiger partial charge in [-0.05, 0) is 43.2 Å². The lowest BCUT2D eigenvalue weighted by atomic mass is 10.1. The van der Waals surface area contributed by atoms with Gasteiger partial charge in [0.25, 0.3) is 5.91 Å². The first-order valence-corrected chi connectivity index (χ1v) is 10.6. The van der Waals surface area contributed by atoms with Crippen molar-refractivity contribution in [3.05, 3.63) is 52.5 Å². The molecule has 0 radical (unpaired) electrons. The second kappa shape index (κ2) is 8.40. The van der Waals surface area contributed by atoms with Crippen LogP contribution in [-0.2, 0) is 10.0 Å². The molecule has 29 heavy (non-hydrogen) atoms. The van der Waals surface area contributed by atoms with Gasteiger partial charge in [0.05, 0.1) is 23.3 Å². The van der Waals surface area contributed by atoms with Gasteiger partial charge in [0, 0.05) is 19.2 Å². The molecule has 1 aliphatic rings. The fraction of sp³-hybridized carbons (Fsp3) is 0.263. The Morgan fingerprint density at radius 2 is 1.79 bits per heavy atom. The van der Waals surface area contributed by atoms with Crippen molar-refractivity contribution in [1.82, 2.24) is 4.31 Å². The fourth-order valence-electron chi connectivity index (χ4n) is 2.97. The van der Waals surface area contributed by atoms with Gasteiger partial charge in [-0.15, -0.1) is 0 Å². The van der Waals surface area contributed by atoms with E-state index in [-0.39, 0.29) is 26.8 Å². The summed E-state index contributed by atoms with van der Waals surface area (Å²) >= 11 is 6.09. The van der Waals surface area contributed by atoms with E-state index < -0.39 is 21.9 Å². The Labute approximate surface area is 173 Å². The topological polar surface area (TPSA) is 116 Å². The van der Waals surface area contributed by atoms with Crippen molar-refractivity contribution in [1.29, 1.82) is 0 Å². The maximum atomic E-state index is 12.8. The summed E-state index contributed by atoms with van der Waals surface area (Å²) in [4.78, 5) is 24.1. The number of carbonyl (C=O) groups excluding carboxylic acids is 2. The third-order valence-corrected chi connectivity index (χ3v) is 6.89. The second-order valence-corrected chi connectivity index (χ2v) is 8.69. The zero-order valence-electron chi connectivity index (χ0n) is 15.6. The summed E-state index contributed by atoms with van der Waals surface area (Å²) < 4.78 is 37.3. The van der Waals surface area contributed by atoms with Gasteiger partial charge in [0.15, 0.2) is 0 Å². The summed E-state index contributed by atoms with van der Waals surface area (Å²) in [6.07, 6.45) is 1.54. The van der Waals surface area contributed by atoms with Crippen molar-refractivity contribution in [3.8, 4) is 11.5 Å². The number of halogens is 1. The summed E-state index contributed by atoms with van der Waals surface area (Å²) in [7, 11) is -2.41. The third kappa shape index (κ3) is 4.36. The predicted molar refractivity (Wildman–Crippen MR) is 106 cm³/mol. The number of rotatable bonds is 6. The number of carbonyl (C=O) groups is 2. The third-order valence-electron chi connectivity index (χ3n) is 4.51. The van der Waals surface area contributed by atoms with Crippen molar-refractivity contribution < 1.29 is 27.5 Å². The Balaban J connectivity index is 1.94. The standard InChI is InChI=1S/C19H19ClN2O6S/c1-27-13-5-6-14(18(21)23)16(11-13)28-19(24)12-4-7-15(20)17(10-12)29(25,26)22-8-2-3-9-22/h4-7,10-11H,2-3,8-9H2,1H3,(H2,21,23). The number of primary amides is 1. The lowest BCUT2D eigenvalue weighted by molar-refractivity contribution is 0.0732. The zero-order chi connectivity index (χ0) is 21.2. The molecular formula is C19H19ClN2O6S. The van der Waals surface area contributed by atoms with Crippen LogP contribution in [0.1, 0.15) is 33.6 Å². The van der Waals surface area contributed by atoms with Crippen molar-refractivity contribution in [2.75, 3.05) is 20.2 Å². The highest BCUT2D eigenvalue weighted by atomic mass is 35.5. The van der Waals surface area contributed by atoms with E-state index in [9.17, 15) is 18.0 Å². The molecule has 1 amide bonds. The van der Waals surface area contributed by atoms with Gasteiger partial charge in [-0.3, -0.25) is 4.79 Å². The zero-order valence-corrected chi connectivity index (χ0v) is 17.1. The van der Waals surface area contributed by atoms with Crippen molar-refractivity contribution in [3.63, 3.8) is 0 Å². The Kier molecular flexibility index (Phi) is 6.11. The molecule has 2 N–H and O–H groups in total. The number of amides is 1. The highest BCUT2D eigenvalue weighted by molar-refractivity contribution is 7.89. The number of hydrogen-bond acceptors (Lipinski definition) is 6. The first-order valence-electron chi connectivity index (χ1n) is 8.74. The van der Waals surface area contributed by atoms with E-state index >= 15 is 0 Å². The Morgan fingerprint density at radius 1 is 1.10 bits per heavy atom. The van der Waals surface area contributed by atoms with E-state index in [0.717, 1.165) is 12.8 Å². The van der Waals surface area contributed by atoms with Crippen molar-refractivity contribution in [2.45, 2.75) is 17.7 Å². The van der Waals surface area contributed by atoms with Crippen molar-refractivity contribution >= 4 is 33.5 Å². The molecule has 10 heteroatoms. The number of benzene rings is 2. The molecule has 0 atom stereocenters. The first kappa shape index (κ1) is 21.1. The Hall–Kier alpha value is -2.62. The minimum Gasteiger partial charge on any atom is -0.497 e. The van der Waals surface area contributed by atoms with E-state index in [2.05, 4.69) is 0 Å². The molecule has 1 heterocycles. The highest BCUT2D eigenvalue weighted by Gasteiger charge is 2.30. The van der Waals surface area contributed by atoms with Gasteiger partial charge in [-0.25, -0.2) is 13.2 Å². The Bertz CT molecular complexity index is 1060. The first-order chi connectivity index (χ1) is 13.7. The minimum absolute atomic E-state index is 0.00709. The molecule has 0 aromatic heterocycles. The number of nitrogens with two attached hydrogens (primary N) is 1. The second-order valence-electron chi connectivity index (χ2n) is 6.37. The summed E-state index contributed by atoms with van der Waals surface area (Å²) in [5.74, 6) is -1.40. The molecule has 0 spiro atoms. The smallest absolute Gasteiger partial charge is 0.343 e. The van der Waals surface area contributed by atoms with Crippen LogP contribution in [0.3, 0.4) is 0 Å². The van der Waals surface area contributed by atoms with Crippen LogP contribution in [0.2, 0.25) is 5.02 Å². The van der Waals surface area contributed by atoms with E-state index in [1.807, 2.05) is 0 Å². The maximum absolute atomic E-state index is 12.8. The van der Waals surface area contributed by atoms with Gasteiger partial charge < -0.3 is 15.2 Å². The molecule has 2 aromatic carbocycles. The van der Waals surface area contributed by atoms with Crippen molar-refractivity contribution in [2.24, 2.45) is 5.73 Å². The summed E-state index contributed by atoms with van der Waals surface area (Å²) in [6, 6.07) is 8.05. The number of esters is 1. The summed E-state index contributed by atoms with van der Waals surface area (Å²) in [5.41, 5.74) is 5.27. The summed E-state index contributed by atoms with van der Waals surface area (Å²) in [5, 5.41) is 0.00709. The van der Waals surface area contributed by atoms with E-state index in [1.165, 1.54) is 47.8 Å². The molecule has 2 aromatic rings. The van der Waals surface area contributed by atoms with Crippen LogP contribution in [0.5, 0.6) is 11.5 Å². The quantitative estimate of drug-likeness (QED) is 0.547. The Morgan fingerprint density at radius 3 is 2.41 bits per heavy atom. The minimum atomic E-state index is -3.83. The monoisotopic (exact) mass is 438 g/mol. The molecule has 0 aliphatic carbocycles. The highest BCUT2D eigenvalue weighted by Crippen LogP contribution is 2.30. The van der Waals surface area contributed by atoms with Gasteiger partial charge in [0.2, 0.25) is 10.0 Å². The average molecular weight is 439 g/mol. The normalized spacial score (nSPS) is 14.6. The fourth-order valence-corrected chi connectivity index (χ4v) is 4.99. The van der Waals surface area contributed by atoms with Crippen LogP contribution in [0, 0.1) is 0 Å². The van der Waals surface area contributed by atoms with E-state index in [4.69, 9.17) is 26.8 Å². The predicted octanol–water partition coefficient (Wildman–Crippen LogP) is 2.45. The number of methoxy groups -OCH3 is 1. The molecule has 0 unspecified atom stereocenters. The SMILES string of the molecule is COc1ccc(C(N)=O)c(OC(=O)c2ccc(Cl)c(S(=O)(=O)N3CCCC3)c2)c1. The van der Waals surface area contributed by atoms with Gasteiger partial charge in [0.1, 0.15) is 16.4 Å². The molecular weight excluding hydrogens is 420 g/mol. The molecule has 0 bridgehead atoms. The molecule has 1 aliphatic heterocycles. The van der Waals surface area contributed by atoms with E-state index in [0.29, 0.717) is 18.8 Å². The lowest BCUT2D eigenvalue weighted by Gasteiger charge is -2.17. The summed E-state index contributed by atoms with van der Waals surface area (Å²) in [6.45, 7) is 0.804. The lowest BCUT2D eigenvalue weighted by Crippen LogP contribution is -2.28. The molecule has 1 saturated heterocycles. The number of nitrogens with zero attached hydrogens (tertiary/aromatic N) is 1. The van der Waals surface area contributed by atoms with E-state index in [1.54, 1.807) is 0 Å². The largest absolute Gasteiger partial charge is 0.497 e. The van der Waals surface area contributed by atoms with Crippen LogP contribution in [-0.4, -0.2) is 44.8 Å². The van der Waals surface area contributed by atoms with Gasteiger partial charge in [-0.2, -0.15) is 4.31 Å². The average Bonchev–Trinajstić information content (AvgIpc) is 3.23. The van der Waals surface area contributed by atoms with Crippen LogP contribution >= 0.6 is 11.6 Å². The van der Waals surface area contributed by atoms with Crippen LogP contribution in [0.15, 0.2) is 41.3 Å². The molecule has 8 nitrogen and oxygen atoms in total. The maximum Gasteiger partial charge on any atom is 0.343 e. The molecule has 1 fully saturated rings. The van der Waals surface area contributed by atoms with Crippen LogP contribution < -0.4 is 15.2 Å². The number of hydrogen-bond donors (Lipinski definition) is 1. The molecule has 0 saturated carbocycles.